The Morgan fingerprint density at radius 3 is 2.27 bits per heavy atom. The second-order valence-electron chi connectivity index (χ2n) is 20.1. The number of thioether (sulfide) groups is 1. The number of rotatable bonds is 22. The fourth-order valence-electron chi connectivity index (χ4n) is 10.5. The molecule has 6 aliphatic rings. The predicted octanol–water partition coefficient (Wildman–Crippen LogP) is 3.20. The molecule has 1 aromatic rings. The lowest BCUT2D eigenvalue weighted by molar-refractivity contribution is -0.336. The van der Waals surface area contributed by atoms with E-state index in [1.54, 1.807) is 40.9 Å². The Hall–Kier alpha value is -2.94. The zero-order valence-electron chi connectivity index (χ0n) is 48.1. The summed E-state index contributed by atoms with van der Waals surface area (Å²) in [6, 6.07) is -1.27. The predicted molar refractivity (Wildman–Crippen MR) is 320 cm³/mol. The van der Waals surface area contributed by atoms with Crippen LogP contribution in [0.2, 0.25) is 0 Å². The van der Waals surface area contributed by atoms with E-state index in [0.29, 0.717) is 21.4 Å². The average Bonchev–Trinajstić information content (AvgIpc) is 1.36. The number of aliphatic hydroxyl groups excluding tert-OH is 4. The smallest absolute Gasteiger partial charge is 0.411 e. The van der Waals surface area contributed by atoms with Crippen molar-refractivity contribution in [1.29, 1.82) is 0 Å². The monoisotopic (exact) mass is 1370 g/mol. The van der Waals surface area contributed by atoms with E-state index in [-0.39, 0.29) is 71.2 Å². The third-order valence-electron chi connectivity index (χ3n) is 14.8. The maximum Gasteiger partial charge on any atom is 0.411 e. The van der Waals surface area contributed by atoms with Gasteiger partial charge in [-0.25, -0.2) is 4.79 Å². The molecule has 0 saturated carbocycles. The first kappa shape index (κ1) is 68.5. The number of ether oxygens (including phenoxy) is 12. The van der Waals surface area contributed by atoms with Crippen molar-refractivity contribution >= 4 is 82.8 Å². The first-order chi connectivity index (χ1) is 40.2. The van der Waals surface area contributed by atoms with E-state index in [2.05, 4.69) is 39.8 Å². The number of carbonyl (C=O) groups excluding carboxylic acids is 3. The number of carbonyl (C=O) groups is 3. The minimum Gasteiger partial charge on any atom is -0.492 e. The van der Waals surface area contributed by atoms with Crippen LogP contribution in [0.4, 0.5) is 4.79 Å². The van der Waals surface area contributed by atoms with E-state index in [1.807, 2.05) is 35.8 Å². The number of hydrogen-bond acceptors (Lipinski definition) is 27. The fraction of sp³-hybridized carbons (Fsp3) is 0.655. The molecule has 0 radical (unpaired) electrons. The van der Waals surface area contributed by atoms with Gasteiger partial charge < -0.3 is 87.7 Å². The van der Waals surface area contributed by atoms with Crippen LogP contribution in [-0.2, 0) is 52.3 Å². The Balaban J connectivity index is 1.12. The number of halogens is 1. The molecule has 2 bridgehead atoms. The lowest BCUT2D eigenvalue weighted by atomic mass is 9.75. The van der Waals surface area contributed by atoms with Gasteiger partial charge in [0.05, 0.1) is 97.0 Å². The molecule has 4 heterocycles. The largest absolute Gasteiger partial charge is 0.492 e. The summed E-state index contributed by atoms with van der Waals surface area (Å²) >= 11 is 2.83. The highest BCUT2D eigenvalue weighted by atomic mass is 127. The van der Waals surface area contributed by atoms with Crippen LogP contribution in [0.5, 0.6) is 17.2 Å². The number of nitrogens with one attached hydrogen (secondary N) is 3. The maximum absolute atomic E-state index is 14.4. The van der Waals surface area contributed by atoms with Crippen molar-refractivity contribution < 1.29 is 102 Å². The van der Waals surface area contributed by atoms with Gasteiger partial charge in [-0.2, -0.15) is 5.48 Å². The molecule has 0 aromatic heterocycles. The van der Waals surface area contributed by atoms with Gasteiger partial charge in [0.25, 0.3) is 0 Å². The Morgan fingerprint density at radius 1 is 0.881 bits per heavy atom. The minimum atomic E-state index is -2.05. The standard InChI is InChI=1S/C55H74IN3O21S4/c1-12-57-30-24-73-35(22-34(30)68-6)78-48-43(63)40(26(3)75-53(48)77-33-17-15-13-14-16-19-55(67)23-32(61)41(58-54(66)72-10)38(33)29(55)18-20-82-84-81-11)59-80-36-21-31(60)50(28(5)74-36)83-51(65)37-25(2)39(56)46(49(71-9)45(37)69-7)79-52-44(64)47(70-8)42(62)27(4)76-52/h13-14,18,26-28,30-31,33-36,40,42-44,47-48,50,52-53,57,59-60,62-64,67H,12,20-24H2,1-11H3,(H,58,66)/t26?,27?,28?,30?,31?,33-,34?,35?,36?,40?,42?,43?,44?,47?,48?,50?,52?,53?,55-/m0/s1. The van der Waals surface area contributed by atoms with E-state index < -0.39 is 127 Å². The topological polar surface area (TPSA) is 308 Å². The number of ketones is 1. The van der Waals surface area contributed by atoms with E-state index in [4.69, 9.17) is 61.7 Å². The lowest BCUT2D eigenvalue weighted by Crippen LogP contribution is -2.65. The van der Waals surface area contributed by atoms with Crippen molar-refractivity contribution in [3.8, 4) is 40.9 Å². The van der Waals surface area contributed by atoms with Crippen molar-refractivity contribution in [2.75, 3.05) is 60.7 Å². The third kappa shape index (κ3) is 15.7. The molecular formula is C55H74IN3O21S4. The lowest BCUT2D eigenvalue weighted by Gasteiger charge is -2.46. The van der Waals surface area contributed by atoms with Crippen LogP contribution in [0, 0.1) is 34.2 Å². The van der Waals surface area contributed by atoms with Gasteiger partial charge in [-0.05, 0) is 90.6 Å². The molecule has 4 saturated heterocycles. The first-order valence-corrected chi connectivity index (χ1v) is 32.9. The Kier molecular flexibility index (Phi) is 25.7. The van der Waals surface area contributed by atoms with Crippen molar-refractivity contribution in [3.63, 3.8) is 0 Å². The van der Waals surface area contributed by atoms with Gasteiger partial charge in [0.2, 0.25) is 17.2 Å². The number of alkyl carbamates (subject to hydrolysis) is 1. The number of fused-ring (bicyclic) bond motifs is 2. The van der Waals surface area contributed by atoms with Crippen LogP contribution in [0.25, 0.3) is 0 Å². The average molecular weight is 1370 g/mol. The van der Waals surface area contributed by atoms with Gasteiger partial charge in [-0.15, -0.1) is 0 Å². The number of amides is 1. The van der Waals surface area contributed by atoms with E-state index in [0.717, 1.165) is 18.9 Å². The molecular weight excluding hydrogens is 1290 g/mol. The number of benzene rings is 1. The molecule has 2 aliphatic carbocycles. The van der Waals surface area contributed by atoms with Crippen molar-refractivity contribution in [1.82, 2.24) is 16.1 Å². The summed E-state index contributed by atoms with van der Waals surface area (Å²) in [6.07, 6.45) is -11.9. The number of aliphatic hydroxyl groups is 5. The summed E-state index contributed by atoms with van der Waals surface area (Å²) in [7, 11) is 11.3. The number of hydrogen-bond donors (Lipinski definition) is 8. The zero-order chi connectivity index (χ0) is 61.2. The molecule has 29 heteroatoms. The van der Waals surface area contributed by atoms with Crippen LogP contribution >= 0.6 is 65.8 Å². The second kappa shape index (κ2) is 31.5. The summed E-state index contributed by atoms with van der Waals surface area (Å²) < 4.78 is 72.5. The minimum absolute atomic E-state index is 0.0155. The zero-order valence-corrected chi connectivity index (χ0v) is 53.6. The highest BCUT2D eigenvalue weighted by molar-refractivity contribution is 14.1. The number of likely N-dealkylation sites (N-methyl/N-ethyl adjacent to an activating group) is 1. The van der Waals surface area contributed by atoms with Crippen molar-refractivity contribution in [3.05, 3.63) is 49.8 Å². The van der Waals surface area contributed by atoms with Gasteiger partial charge in [-0.1, -0.05) is 70.0 Å². The Bertz CT molecular complexity index is 2710. The summed E-state index contributed by atoms with van der Waals surface area (Å²) in [4.78, 5) is 47.5. The number of hydroxylamine groups is 1. The van der Waals surface area contributed by atoms with Crippen molar-refractivity contribution in [2.45, 2.75) is 169 Å². The Morgan fingerprint density at radius 2 is 1.61 bits per heavy atom. The highest BCUT2D eigenvalue weighted by Crippen LogP contribution is 2.49. The molecule has 1 amide bonds. The van der Waals surface area contributed by atoms with E-state index in [9.17, 15) is 39.9 Å². The normalized spacial score (nSPS) is 35.5. The molecule has 0 spiro atoms. The van der Waals surface area contributed by atoms with Gasteiger partial charge in [-0.3, -0.25) is 19.7 Å². The molecule has 4 fully saturated rings. The van der Waals surface area contributed by atoms with E-state index >= 15 is 0 Å². The molecule has 4 aliphatic heterocycles. The fourth-order valence-corrected chi connectivity index (χ4v) is 14.7. The van der Waals surface area contributed by atoms with Crippen LogP contribution in [0.1, 0.15) is 62.9 Å². The van der Waals surface area contributed by atoms with Crippen LogP contribution in [0.3, 0.4) is 0 Å². The quantitative estimate of drug-likeness (QED) is 0.0272. The van der Waals surface area contributed by atoms with Gasteiger partial charge >= 0.3 is 6.09 Å². The van der Waals surface area contributed by atoms with Crippen LogP contribution in [-0.4, -0.2) is 218 Å². The summed E-state index contributed by atoms with van der Waals surface area (Å²) in [5.41, 5.74) is 1.30. The van der Waals surface area contributed by atoms with Gasteiger partial charge in [0.15, 0.2) is 41.8 Å². The number of allylic oxidation sites excluding steroid dienone is 3. The second-order valence-corrected chi connectivity index (χ2v) is 26.7. The van der Waals surface area contributed by atoms with E-state index in [1.165, 1.54) is 64.9 Å². The summed E-state index contributed by atoms with van der Waals surface area (Å²) in [6.45, 7) is 9.41. The van der Waals surface area contributed by atoms with Crippen LogP contribution in [0.15, 0.2) is 35.1 Å². The molecule has 7 rings (SSSR count). The maximum atomic E-state index is 14.4. The summed E-state index contributed by atoms with van der Waals surface area (Å²) in [5, 5.41) is 62.7. The van der Waals surface area contributed by atoms with Gasteiger partial charge in [0, 0.05) is 44.0 Å². The first-order valence-electron chi connectivity index (χ1n) is 26.9. The van der Waals surface area contributed by atoms with Crippen LogP contribution < -0.4 is 30.3 Å². The molecule has 84 heavy (non-hydrogen) atoms. The number of Topliss-reactive ketones (excluding diaryl/α,β-unsaturated/α-hetero) is 1. The molecule has 17 unspecified atom stereocenters. The summed E-state index contributed by atoms with van der Waals surface area (Å²) in [5.74, 6) is 11.3. The van der Waals surface area contributed by atoms with Crippen molar-refractivity contribution in [2.24, 2.45) is 0 Å². The molecule has 466 valence electrons. The highest BCUT2D eigenvalue weighted by Gasteiger charge is 2.52. The molecule has 1 aromatic carbocycles. The molecule has 8 N–H and O–H groups in total. The Labute approximate surface area is 517 Å². The molecule has 24 nitrogen and oxygen atoms in total. The molecule has 19 atom stereocenters. The number of methoxy groups -OCH3 is 5. The third-order valence-corrected chi connectivity index (χ3v) is 21.2. The van der Waals surface area contributed by atoms with Gasteiger partial charge in [0.1, 0.15) is 36.6 Å². The SMILES string of the molecule is CCNC1COC(OC2C(O[C@H]3C#CC=CC#C[C@]4(O)CC(=O)C(NC(=O)OC)=C3C4=CCSSSC)OC(C)C(NOC3CC(O)C(SC(=O)c4c(C)c(I)c(OC5OC(C)C(O)C(OC)C5O)c(OC)c4OC)C(C)O3)C2O)CC1OC.